The molecule has 0 aliphatic heterocycles. The number of hydrogen-bond donors (Lipinski definition) is 1. The Balaban J connectivity index is 2.42. The van der Waals surface area contributed by atoms with Crippen molar-refractivity contribution in [3.8, 4) is 0 Å². The Bertz CT molecular complexity index is 576. The highest BCUT2D eigenvalue weighted by Crippen LogP contribution is 2.01. The van der Waals surface area contributed by atoms with E-state index in [1.807, 2.05) is 0 Å². The van der Waals surface area contributed by atoms with Crippen LogP contribution < -0.4 is 16.6 Å². The molecule has 8 heteroatoms. The molecule has 0 spiro atoms. The Morgan fingerprint density at radius 1 is 1.25 bits per heavy atom. The first-order chi connectivity index (χ1) is 9.47. The number of methoxy groups -OCH3 is 1. The number of aromatic nitrogens is 3. The molecule has 0 fully saturated rings. The first-order valence-electron chi connectivity index (χ1n) is 6.42. The van der Waals surface area contributed by atoms with Crippen LogP contribution in [0.3, 0.4) is 0 Å². The fourth-order valence-corrected chi connectivity index (χ4v) is 1.69. The van der Waals surface area contributed by atoms with E-state index in [0.29, 0.717) is 13.0 Å². The van der Waals surface area contributed by atoms with Gasteiger partial charge in [-0.15, -0.1) is 5.10 Å². The normalized spacial score (nSPS) is 10.3. The summed E-state index contributed by atoms with van der Waals surface area (Å²) >= 11 is 0. The number of ether oxygens (including phenoxy) is 1. The zero-order valence-electron chi connectivity index (χ0n) is 12.0. The van der Waals surface area contributed by atoms with Crippen LogP contribution in [0.5, 0.6) is 0 Å². The van der Waals surface area contributed by atoms with Crippen LogP contribution in [0.4, 0.5) is 5.82 Å². The molecule has 0 aromatic carbocycles. The van der Waals surface area contributed by atoms with E-state index in [0.717, 1.165) is 28.5 Å². The lowest BCUT2D eigenvalue weighted by atomic mass is 10.2. The average Bonchev–Trinajstić information content (AvgIpc) is 2.45. The standard InChI is InChI=1S/C12H20N4O4/c1-15-11(18)10(14-16(2)12(15)19)13-8-6-4-5-7-9(17)20-3/h4-8H2,1-3H3,(H,13,14). The third kappa shape index (κ3) is 4.22. The molecule has 1 rings (SSSR count). The topological polar surface area (TPSA) is 95.2 Å². The largest absolute Gasteiger partial charge is 0.469 e. The van der Waals surface area contributed by atoms with Gasteiger partial charge in [-0.1, -0.05) is 6.42 Å². The highest BCUT2D eigenvalue weighted by molar-refractivity contribution is 5.68. The maximum atomic E-state index is 11.8. The Morgan fingerprint density at radius 2 is 1.95 bits per heavy atom. The lowest BCUT2D eigenvalue weighted by molar-refractivity contribution is -0.140. The highest BCUT2D eigenvalue weighted by atomic mass is 16.5. The van der Waals surface area contributed by atoms with Crippen molar-refractivity contribution in [2.75, 3.05) is 19.0 Å². The van der Waals surface area contributed by atoms with Gasteiger partial charge in [0.25, 0.3) is 5.56 Å². The summed E-state index contributed by atoms with van der Waals surface area (Å²) in [6.07, 6.45) is 2.78. The first-order valence-corrected chi connectivity index (χ1v) is 6.42. The molecule has 112 valence electrons. The second kappa shape index (κ2) is 7.46. The fraction of sp³-hybridized carbons (Fsp3) is 0.667. The molecule has 1 aromatic rings. The molecule has 20 heavy (non-hydrogen) atoms. The molecule has 0 aliphatic rings. The fourth-order valence-electron chi connectivity index (χ4n) is 1.69. The second-order valence-corrected chi connectivity index (χ2v) is 4.43. The summed E-state index contributed by atoms with van der Waals surface area (Å²) in [6, 6.07) is 0. The Kier molecular flexibility index (Phi) is 5.95. The number of esters is 1. The van der Waals surface area contributed by atoms with Crippen molar-refractivity contribution in [3.63, 3.8) is 0 Å². The van der Waals surface area contributed by atoms with Crippen LogP contribution in [-0.4, -0.2) is 34.0 Å². The molecule has 0 bridgehead atoms. The maximum Gasteiger partial charge on any atom is 0.346 e. The molecule has 0 unspecified atom stereocenters. The van der Waals surface area contributed by atoms with Gasteiger partial charge in [-0.3, -0.25) is 14.2 Å². The number of aryl methyl sites for hydroxylation is 1. The Labute approximate surface area is 116 Å². The summed E-state index contributed by atoms with van der Waals surface area (Å²) in [5.74, 6) is -0.0610. The molecule has 1 aromatic heterocycles. The number of hydrogen-bond acceptors (Lipinski definition) is 6. The van der Waals surface area contributed by atoms with Crippen molar-refractivity contribution in [3.05, 3.63) is 20.8 Å². The molecular weight excluding hydrogens is 264 g/mol. The summed E-state index contributed by atoms with van der Waals surface area (Å²) in [7, 11) is 4.27. The van der Waals surface area contributed by atoms with Gasteiger partial charge in [-0.2, -0.15) is 0 Å². The third-order valence-corrected chi connectivity index (χ3v) is 2.90. The third-order valence-electron chi connectivity index (χ3n) is 2.90. The van der Waals surface area contributed by atoms with Crippen LogP contribution in [0.15, 0.2) is 9.59 Å². The smallest absolute Gasteiger partial charge is 0.346 e. The van der Waals surface area contributed by atoms with Crippen molar-refractivity contribution >= 4 is 11.8 Å². The lowest BCUT2D eigenvalue weighted by Gasteiger charge is -2.07. The van der Waals surface area contributed by atoms with Crippen molar-refractivity contribution in [1.82, 2.24) is 14.3 Å². The van der Waals surface area contributed by atoms with Crippen LogP contribution in [0, 0.1) is 0 Å². The Hall–Kier alpha value is -2.12. The van der Waals surface area contributed by atoms with E-state index < -0.39 is 11.2 Å². The van der Waals surface area contributed by atoms with Crippen LogP contribution in [0.2, 0.25) is 0 Å². The van der Waals surface area contributed by atoms with Crippen molar-refractivity contribution in [1.29, 1.82) is 0 Å². The number of unbranched alkanes of at least 4 members (excludes halogenated alkanes) is 2. The van der Waals surface area contributed by atoms with Crippen molar-refractivity contribution < 1.29 is 9.53 Å². The van der Waals surface area contributed by atoms with Crippen LogP contribution in [0.1, 0.15) is 25.7 Å². The summed E-state index contributed by atoms with van der Waals surface area (Å²) < 4.78 is 6.66. The molecule has 8 nitrogen and oxygen atoms in total. The molecule has 0 aliphatic carbocycles. The number of nitrogens with one attached hydrogen (secondary N) is 1. The van der Waals surface area contributed by atoms with E-state index in [1.165, 1.54) is 21.2 Å². The lowest BCUT2D eigenvalue weighted by Crippen LogP contribution is -2.40. The number of nitrogens with zero attached hydrogens (tertiary/aromatic N) is 3. The van der Waals surface area contributed by atoms with E-state index >= 15 is 0 Å². The molecule has 0 saturated carbocycles. The van der Waals surface area contributed by atoms with Gasteiger partial charge in [0.2, 0.25) is 5.82 Å². The molecule has 0 radical (unpaired) electrons. The summed E-state index contributed by atoms with van der Waals surface area (Å²) in [5.41, 5.74) is -0.902. The van der Waals surface area contributed by atoms with E-state index in [-0.39, 0.29) is 11.8 Å². The summed E-state index contributed by atoms with van der Waals surface area (Å²) in [5, 5.41) is 6.78. The highest BCUT2D eigenvalue weighted by Gasteiger charge is 2.07. The minimum absolute atomic E-state index is 0.155. The molecule has 0 atom stereocenters. The number of carbonyl (C=O) groups is 1. The van der Waals surface area contributed by atoms with E-state index in [4.69, 9.17) is 0 Å². The van der Waals surface area contributed by atoms with Gasteiger partial charge in [-0.25, -0.2) is 9.48 Å². The monoisotopic (exact) mass is 284 g/mol. The maximum absolute atomic E-state index is 11.8. The van der Waals surface area contributed by atoms with Crippen molar-refractivity contribution in [2.45, 2.75) is 25.7 Å². The molecular formula is C12H20N4O4. The summed E-state index contributed by atoms with van der Waals surface area (Å²) in [4.78, 5) is 34.1. The van der Waals surface area contributed by atoms with Gasteiger partial charge in [-0.05, 0) is 12.8 Å². The van der Waals surface area contributed by atoms with Gasteiger partial charge in [0.15, 0.2) is 0 Å². The predicted octanol–water partition coefficient (Wildman–Crippen LogP) is -0.376. The first kappa shape index (κ1) is 15.9. The Morgan fingerprint density at radius 3 is 2.60 bits per heavy atom. The minimum Gasteiger partial charge on any atom is -0.469 e. The van der Waals surface area contributed by atoms with Gasteiger partial charge >= 0.3 is 11.7 Å². The van der Waals surface area contributed by atoms with Gasteiger partial charge in [0, 0.05) is 27.1 Å². The zero-order valence-corrected chi connectivity index (χ0v) is 12.0. The summed E-state index contributed by atoms with van der Waals surface area (Å²) in [6.45, 7) is 0.557. The number of anilines is 1. The zero-order chi connectivity index (χ0) is 15.1. The van der Waals surface area contributed by atoms with E-state index in [2.05, 4.69) is 15.2 Å². The van der Waals surface area contributed by atoms with E-state index in [1.54, 1.807) is 0 Å². The molecule has 1 heterocycles. The quantitative estimate of drug-likeness (QED) is 0.542. The van der Waals surface area contributed by atoms with Crippen LogP contribution >= 0.6 is 0 Å². The molecule has 1 N–H and O–H groups in total. The number of carbonyl (C=O) groups excluding carboxylic acids is 1. The van der Waals surface area contributed by atoms with Crippen LogP contribution in [-0.2, 0) is 23.6 Å². The number of rotatable bonds is 7. The van der Waals surface area contributed by atoms with Crippen molar-refractivity contribution in [2.24, 2.45) is 14.1 Å². The molecule has 0 amide bonds. The predicted molar refractivity (Wildman–Crippen MR) is 73.7 cm³/mol. The van der Waals surface area contributed by atoms with Gasteiger partial charge in [0.05, 0.1) is 7.11 Å². The average molecular weight is 284 g/mol. The van der Waals surface area contributed by atoms with Gasteiger partial charge < -0.3 is 10.1 Å². The SMILES string of the molecule is COC(=O)CCCCCNc1nn(C)c(=O)n(C)c1=O. The second-order valence-electron chi connectivity index (χ2n) is 4.43. The minimum atomic E-state index is -0.460. The van der Waals surface area contributed by atoms with Crippen LogP contribution in [0.25, 0.3) is 0 Å². The molecule has 0 saturated heterocycles. The van der Waals surface area contributed by atoms with Gasteiger partial charge in [0.1, 0.15) is 0 Å². The van der Waals surface area contributed by atoms with E-state index in [9.17, 15) is 14.4 Å².